The Hall–Kier alpha value is -1.88. The fraction of sp³-hybridized carbons (Fsp3) is 0.667. The smallest absolute Gasteiger partial charge is 0.274 e. The number of fused-ring (bicyclic) bond motifs is 1. The number of allylic oxidation sites excluding steroid dienone is 2. The zero-order valence-electron chi connectivity index (χ0n) is 17.8. The van der Waals surface area contributed by atoms with Gasteiger partial charge in [-0.3, -0.25) is 9.48 Å². The van der Waals surface area contributed by atoms with Crippen LogP contribution in [-0.4, -0.2) is 46.3 Å². The van der Waals surface area contributed by atoms with Crippen LogP contribution in [0.3, 0.4) is 0 Å². The van der Waals surface area contributed by atoms with Crippen LogP contribution in [0.1, 0.15) is 79.5 Å². The van der Waals surface area contributed by atoms with Gasteiger partial charge in [0.15, 0.2) is 5.69 Å². The standard InChI is InChI=1S/C24H36N4O/c1-2-15-28-22-12-11-20(25-14-13-19-9-5-3-6-10-19)18-21(22)23(26-28)24(29)27-16-7-4-8-17-27/h2,9,20,25H,1,3-8,10-18H2. The topological polar surface area (TPSA) is 50.2 Å². The maximum absolute atomic E-state index is 13.2. The molecule has 0 bridgehead atoms. The van der Waals surface area contributed by atoms with Crippen molar-refractivity contribution < 1.29 is 4.79 Å². The van der Waals surface area contributed by atoms with Gasteiger partial charge >= 0.3 is 0 Å². The first-order chi connectivity index (χ1) is 14.3. The van der Waals surface area contributed by atoms with Crippen LogP contribution < -0.4 is 5.32 Å². The number of rotatable bonds is 7. The van der Waals surface area contributed by atoms with E-state index in [1.807, 2.05) is 15.7 Å². The van der Waals surface area contributed by atoms with Crippen molar-refractivity contribution in [3.8, 4) is 0 Å². The molecule has 158 valence electrons. The molecule has 4 rings (SSSR count). The normalized spacial score (nSPS) is 22.1. The van der Waals surface area contributed by atoms with Gasteiger partial charge in [-0.15, -0.1) is 6.58 Å². The molecule has 1 aliphatic heterocycles. The summed E-state index contributed by atoms with van der Waals surface area (Å²) in [5.74, 6) is 0.136. The van der Waals surface area contributed by atoms with Gasteiger partial charge in [0.1, 0.15) is 0 Å². The molecule has 5 nitrogen and oxygen atoms in total. The molecule has 5 heteroatoms. The van der Waals surface area contributed by atoms with E-state index < -0.39 is 0 Å². The van der Waals surface area contributed by atoms with Crippen LogP contribution in [0.25, 0.3) is 0 Å². The summed E-state index contributed by atoms with van der Waals surface area (Å²) < 4.78 is 2.02. The molecule has 0 aromatic carbocycles. The molecule has 1 saturated heterocycles. The summed E-state index contributed by atoms with van der Waals surface area (Å²) >= 11 is 0. The second-order valence-electron chi connectivity index (χ2n) is 8.85. The number of amides is 1. The molecule has 1 amide bonds. The zero-order valence-corrected chi connectivity index (χ0v) is 17.8. The average molecular weight is 397 g/mol. The van der Waals surface area contributed by atoms with Crippen molar-refractivity contribution in [1.82, 2.24) is 20.0 Å². The van der Waals surface area contributed by atoms with Crippen molar-refractivity contribution >= 4 is 5.91 Å². The zero-order chi connectivity index (χ0) is 20.1. The summed E-state index contributed by atoms with van der Waals surface area (Å²) in [6, 6.07) is 0.445. The first-order valence-electron chi connectivity index (χ1n) is 11.7. The lowest BCUT2D eigenvalue weighted by atomic mass is 9.90. The third-order valence-electron chi connectivity index (χ3n) is 6.76. The molecule has 1 atom stereocenters. The quantitative estimate of drug-likeness (QED) is 0.708. The highest BCUT2D eigenvalue weighted by Crippen LogP contribution is 2.27. The van der Waals surface area contributed by atoms with Gasteiger partial charge in [-0.05, 0) is 77.2 Å². The first kappa shape index (κ1) is 20.4. The van der Waals surface area contributed by atoms with Gasteiger partial charge in [-0.25, -0.2) is 0 Å². The molecule has 0 spiro atoms. The lowest BCUT2D eigenvalue weighted by molar-refractivity contribution is 0.0716. The molecule has 3 aliphatic rings. The Morgan fingerprint density at radius 2 is 2.07 bits per heavy atom. The fourth-order valence-electron chi connectivity index (χ4n) is 5.12. The highest BCUT2D eigenvalue weighted by atomic mass is 16.2. The molecule has 1 fully saturated rings. The van der Waals surface area contributed by atoms with E-state index in [9.17, 15) is 4.79 Å². The number of nitrogens with one attached hydrogen (secondary N) is 1. The van der Waals surface area contributed by atoms with E-state index in [4.69, 9.17) is 5.10 Å². The van der Waals surface area contributed by atoms with E-state index >= 15 is 0 Å². The van der Waals surface area contributed by atoms with E-state index in [0.717, 1.165) is 51.7 Å². The average Bonchev–Trinajstić information content (AvgIpc) is 3.13. The molecule has 1 aromatic heterocycles. The lowest BCUT2D eigenvalue weighted by Gasteiger charge is -2.28. The van der Waals surface area contributed by atoms with Crippen LogP contribution in [0.5, 0.6) is 0 Å². The number of nitrogens with zero attached hydrogens (tertiary/aromatic N) is 3. The number of aromatic nitrogens is 2. The van der Waals surface area contributed by atoms with Crippen LogP contribution in [0.2, 0.25) is 0 Å². The lowest BCUT2D eigenvalue weighted by Crippen LogP contribution is -2.38. The Labute approximate surface area is 175 Å². The van der Waals surface area contributed by atoms with E-state index in [1.54, 1.807) is 5.57 Å². The number of hydrogen-bond acceptors (Lipinski definition) is 3. The van der Waals surface area contributed by atoms with Crippen LogP contribution in [-0.2, 0) is 19.4 Å². The van der Waals surface area contributed by atoms with Crippen LogP contribution >= 0.6 is 0 Å². The minimum absolute atomic E-state index is 0.136. The number of piperidine rings is 1. The van der Waals surface area contributed by atoms with E-state index in [0.29, 0.717) is 18.3 Å². The number of carbonyl (C=O) groups is 1. The summed E-state index contributed by atoms with van der Waals surface area (Å²) in [4.78, 5) is 15.2. The molecule has 1 N–H and O–H groups in total. The minimum Gasteiger partial charge on any atom is -0.337 e. The second kappa shape index (κ2) is 9.75. The molecular formula is C24H36N4O. The first-order valence-corrected chi connectivity index (χ1v) is 11.7. The van der Waals surface area contributed by atoms with Crippen LogP contribution in [0.4, 0.5) is 0 Å². The van der Waals surface area contributed by atoms with Gasteiger partial charge in [0.25, 0.3) is 5.91 Å². The minimum atomic E-state index is 0.136. The molecule has 0 saturated carbocycles. The van der Waals surface area contributed by atoms with Gasteiger partial charge in [0.05, 0.1) is 6.54 Å². The molecular weight excluding hydrogens is 360 g/mol. The largest absolute Gasteiger partial charge is 0.337 e. The molecule has 1 aromatic rings. The Kier molecular flexibility index (Phi) is 6.86. The Morgan fingerprint density at radius 3 is 2.83 bits per heavy atom. The summed E-state index contributed by atoms with van der Waals surface area (Å²) in [6.45, 7) is 7.35. The van der Waals surface area contributed by atoms with E-state index in [2.05, 4.69) is 18.0 Å². The predicted octanol–water partition coefficient (Wildman–Crippen LogP) is 4.03. The van der Waals surface area contributed by atoms with Crippen molar-refractivity contribution in [1.29, 1.82) is 0 Å². The molecule has 2 aliphatic carbocycles. The maximum atomic E-state index is 13.2. The van der Waals surface area contributed by atoms with Gasteiger partial charge in [-0.2, -0.15) is 5.10 Å². The summed E-state index contributed by atoms with van der Waals surface area (Å²) in [7, 11) is 0. The maximum Gasteiger partial charge on any atom is 0.274 e. The van der Waals surface area contributed by atoms with Crippen molar-refractivity contribution in [3.05, 3.63) is 41.3 Å². The molecule has 1 unspecified atom stereocenters. The van der Waals surface area contributed by atoms with Crippen LogP contribution in [0, 0.1) is 0 Å². The van der Waals surface area contributed by atoms with Gasteiger partial charge < -0.3 is 10.2 Å². The number of likely N-dealkylation sites (tertiary alicyclic amines) is 1. The summed E-state index contributed by atoms with van der Waals surface area (Å²) in [6.07, 6.45) is 17.2. The Morgan fingerprint density at radius 1 is 1.21 bits per heavy atom. The Balaban J connectivity index is 1.44. The van der Waals surface area contributed by atoms with Gasteiger partial charge in [0.2, 0.25) is 0 Å². The third-order valence-corrected chi connectivity index (χ3v) is 6.76. The Bertz CT molecular complexity index is 757. The highest BCUT2D eigenvalue weighted by Gasteiger charge is 2.31. The number of carbonyl (C=O) groups excluding carboxylic acids is 1. The van der Waals surface area contributed by atoms with Crippen molar-refractivity contribution in [3.63, 3.8) is 0 Å². The van der Waals surface area contributed by atoms with Crippen molar-refractivity contribution in [2.45, 2.75) is 83.2 Å². The molecule has 0 radical (unpaired) electrons. The summed E-state index contributed by atoms with van der Waals surface area (Å²) in [5.41, 5.74) is 4.76. The second-order valence-corrected chi connectivity index (χ2v) is 8.85. The van der Waals surface area contributed by atoms with Gasteiger partial charge in [0, 0.05) is 30.4 Å². The fourth-order valence-corrected chi connectivity index (χ4v) is 5.12. The highest BCUT2D eigenvalue weighted by molar-refractivity contribution is 5.94. The predicted molar refractivity (Wildman–Crippen MR) is 117 cm³/mol. The molecule has 29 heavy (non-hydrogen) atoms. The third kappa shape index (κ3) is 4.82. The molecule has 2 heterocycles. The number of hydrogen-bond donors (Lipinski definition) is 1. The monoisotopic (exact) mass is 396 g/mol. The van der Waals surface area contributed by atoms with Crippen molar-refractivity contribution in [2.75, 3.05) is 19.6 Å². The van der Waals surface area contributed by atoms with E-state index in [-0.39, 0.29) is 5.91 Å². The van der Waals surface area contributed by atoms with Gasteiger partial charge in [-0.1, -0.05) is 17.7 Å². The van der Waals surface area contributed by atoms with Crippen molar-refractivity contribution in [2.24, 2.45) is 0 Å². The van der Waals surface area contributed by atoms with E-state index in [1.165, 1.54) is 49.8 Å². The summed E-state index contributed by atoms with van der Waals surface area (Å²) in [5, 5.41) is 8.54. The SMILES string of the molecule is C=CCn1nc(C(=O)N2CCCCC2)c2c1CCC(NCCC1=CCCCC1)C2. The van der Waals surface area contributed by atoms with Crippen LogP contribution in [0.15, 0.2) is 24.3 Å².